The van der Waals surface area contributed by atoms with Gasteiger partial charge in [-0.25, -0.2) is 4.79 Å². The molecule has 0 amide bonds. The van der Waals surface area contributed by atoms with Crippen LogP contribution in [0.1, 0.15) is 10.4 Å². The van der Waals surface area contributed by atoms with Crippen molar-refractivity contribution < 1.29 is 27.8 Å². The summed E-state index contributed by atoms with van der Waals surface area (Å²) >= 11 is 0. The zero-order valence-corrected chi connectivity index (χ0v) is 10.8. The first-order chi connectivity index (χ1) is 9.20. The number of carboxylic acid groups (broad SMARTS) is 1. The van der Waals surface area contributed by atoms with Crippen molar-refractivity contribution in [1.29, 1.82) is 0 Å². The number of alkyl halides is 3. The van der Waals surface area contributed by atoms with Crippen molar-refractivity contribution in [3.05, 3.63) is 23.8 Å². The van der Waals surface area contributed by atoms with Crippen molar-refractivity contribution in [3.63, 3.8) is 0 Å². The number of hydrogen-bond donors (Lipinski definition) is 2. The van der Waals surface area contributed by atoms with E-state index in [2.05, 4.69) is 4.74 Å². The number of nitrogens with zero attached hydrogens (tertiary/aromatic N) is 1. The Morgan fingerprint density at radius 2 is 2.10 bits per heavy atom. The number of nitrogens with two attached hydrogens (primary N) is 1. The van der Waals surface area contributed by atoms with Gasteiger partial charge in [-0.15, -0.1) is 0 Å². The van der Waals surface area contributed by atoms with Gasteiger partial charge < -0.3 is 20.5 Å². The van der Waals surface area contributed by atoms with Crippen molar-refractivity contribution in [1.82, 2.24) is 0 Å². The number of nitrogen functional groups attached to an aromatic ring is 1. The highest BCUT2D eigenvalue weighted by Gasteiger charge is 2.27. The molecule has 5 nitrogen and oxygen atoms in total. The van der Waals surface area contributed by atoms with Gasteiger partial charge in [0.2, 0.25) is 0 Å². The standard InChI is InChI=1S/C12H15F3N2O3/c1-17(4-5-20-7-12(13,14)15)10-3-2-8(16)6-9(10)11(18)19/h2-3,6H,4-5,7,16H2,1H3,(H,18,19). The fourth-order valence-electron chi connectivity index (χ4n) is 1.57. The lowest BCUT2D eigenvalue weighted by Crippen LogP contribution is -2.27. The number of carboxylic acids is 1. The van der Waals surface area contributed by atoms with Gasteiger partial charge in [0.1, 0.15) is 6.61 Å². The number of halogens is 3. The number of anilines is 2. The molecule has 0 unspecified atom stereocenters. The van der Waals surface area contributed by atoms with E-state index in [1.807, 2.05) is 0 Å². The van der Waals surface area contributed by atoms with Gasteiger partial charge >= 0.3 is 12.1 Å². The summed E-state index contributed by atoms with van der Waals surface area (Å²) in [6, 6.07) is 4.32. The maximum absolute atomic E-state index is 11.9. The predicted octanol–water partition coefficient (Wildman–Crippen LogP) is 1.98. The van der Waals surface area contributed by atoms with Crippen LogP contribution in [0.4, 0.5) is 24.5 Å². The zero-order chi connectivity index (χ0) is 15.3. The first-order valence-electron chi connectivity index (χ1n) is 5.69. The van der Waals surface area contributed by atoms with Crippen LogP contribution in [0.25, 0.3) is 0 Å². The average Bonchev–Trinajstić information content (AvgIpc) is 2.33. The van der Waals surface area contributed by atoms with E-state index in [0.29, 0.717) is 11.4 Å². The first kappa shape index (κ1) is 16.1. The van der Waals surface area contributed by atoms with E-state index in [4.69, 9.17) is 10.8 Å². The van der Waals surface area contributed by atoms with Gasteiger partial charge in [-0.1, -0.05) is 0 Å². The lowest BCUT2D eigenvalue weighted by atomic mass is 10.1. The van der Waals surface area contributed by atoms with E-state index in [-0.39, 0.29) is 18.7 Å². The van der Waals surface area contributed by atoms with Crippen LogP contribution in [-0.2, 0) is 4.74 Å². The Kier molecular flexibility index (Phi) is 5.20. The van der Waals surface area contributed by atoms with E-state index < -0.39 is 18.8 Å². The number of benzene rings is 1. The van der Waals surface area contributed by atoms with Crippen molar-refractivity contribution in [2.75, 3.05) is 37.4 Å². The molecule has 0 radical (unpaired) electrons. The topological polar surface area (TPSA) is 75.8 Å². The van der Waals surface area contributed by atoms with Crippen LogP contribution in [0.2, 0.25) is 0 Å². The van der Waals surface area contributed by atoms with Crippen molar-refractivity contribution in [2.24, 2.45) is 0 Å². The number of carbonyl (C=O) groups is 1. The normalized spacial score (nSPS) is 11.4. The molecule has 0 spiro atoms. The van der Waals surface area contributed by atoms with E-state index in [1.165, 1.54) is 23.1 Å². The van der Waals surface area contributed by atoms with Crippen LogP contribution in [0.3, 0.4) is 0 Å². The number of aromatic carboxylic acids is 1. The molecular weight excluding hydrogens is 277 g/mol. The number of likely N-dealkylation sites (N-methyl/N-ethyl adjacent to an activating group) is 1. The summed E-state index contributed by atoms with van der Waals surface area (Å²) in [5.41, 5.74) is 6.15. The Morgan fingerprint density at radius 1 is 1.45 bits per heavy atom. The molecule has 0 aromatic heterocycles. The Bertz CT molecular complexity index is 478. The number of hydrogen-bond acceptors (Lipinski definition) is 4. The molecule has 0 fully saturated rings. The monoisotopic (exact) mass is 292 g/mol. The average molecular weight is 292 g/mol. The van der Waals surface area contributed by atoms with Gasteiger partial charge in [0.05, 0.1) is 17.9 Å². The lowest BCUT2D eigenvalue weighted by Gasteiger charge is -2.21. The van der Waals surface area contributed by atoms with E-state index in [9.17, 15) is 18.0 Å². The zero-order valence-electron chi connectivity index (χ0n) is 10.8. The molecule has 8 heteroatoms. The molecule has 1 rings (SSSR count). The van der Waals surface area contributed by atoms with Gasteiger partial charge in [0.25, 0.3) is 0 Å². The molecule has 1 aromatic carbocycles. The second kappa shape index (κ2) is 6.47. The summed E-state index contributed by atoms with van der Waals surface area (Å²) in [6.07, 6.45) is -4.37. The van der Waals surface area contributed by atoms with Crippen molar-refractivity contribution >= 4 is 17.3 Å². The molecule has 0 aliphatic carbocycles. The minimum Gasteiger partial charge on any atom is -0.478 e. The molecule has 112 valence electrons. The predicted molar refractivity (Wildman–Crippen MR) is 68.0 cm³/mol. The second-order valence-electron chi connectivity index (χ2n) is 4.17. The maximum Gasteiger partial charge on any atom is 0.411 e. The van der Waals surface area contributed by atoms with E-state index in [0.717, 1.165) is 0 Å². The minimum absolute atomic E-state index is 0.0108. The van der Waals surface area contributed by atoms with Gasteiger partial charge in [-0.2, -0.15) is 13.2 Å². The molecule has 3 N–H and O–H groups in total. The van der Waals surface area contributed by atoms with Crippen LogP contribution in [0.5, 0.6) is 0 Å². The summed E-state index contributed by atoms with van der Waals surface area (Å²) in [5, 5.41) is 9.06. The van der Waals surface area contributed by atoms with Crippen molar-refractivity contribution in [2.45, 2.75) is 6.18 Å². The third-order valence-electron chi connectivity index (χ3n) is 2.50. The Balaban J connectivity index is 2.64. The molecule has 0 saturated heterocycles. The minimum atomic E-state index is -4.37. The highest BCUT2D eigenvalue weighted by molar-refractivity contribution is 5.95. The molecule has 20 heavy (non-hydrogen) atoms. The maximum atomic E-state index is 11.9. The third-order valence-corrected chi connectivity index (χ3v) is 2.50. The quantitative estimate of drug-likeness (QED) is 0.619. The fraction of sp³-hybridized carbons (Fsp3) is 0.417. The smallest absolute Gasteiger partial charge is 0.411 e. The van der Waals surface area contributed by atoms with Crippen LogP contribution in [0.15, 0.2) is 18.2 Å². The summed E-state index contributed by atoms with van der Waals surface area (Å²) in [6.45, 7) is -1.37. The summed E-state index contributed by atoms with van der Waals surface area (Å²) in [4.78, 5) is 12.6. The number of rotatable bonds is 6. The SMILES string of the molecule is CN(CCOCC(F)(F)F)c1ccc(N)cc1C(=O)O. The number of ether oxygens (including phenoxy) is 1. The van der Waals surface area contributed by atoms with Gasteiger partial charge in [0.15, 0.2) is 0 Å². The van der Waals surface area contributed by atoms with Crippen LogP contribution in [-0.4, -0.2) is 44.1 Å². The van der Waals surface area contributed by atoms with E-state index in [1.54, 1.807) is 7.05 Å². The second-order valence-corrected chi connectivity index (χ2v) is 4.17. The molecule has 0 atom stereocenters. The Hall–Kier alpha value is -1.96. The molecule has 0 saturated carbocycles. The Labute approximate surface area is 113 Å². The third kappa shape index (κ3) is 4.96. The van der Waals surface area contributed by atoms with Crippen LogP contribution < -0.4 is 10.6 Å². The first-order valence-corrected chi connectivity index (χ1v) is 5.69. The molecule has 0 aliphatic heterocycles. The van der Waals surface area contributed by atoms with Gasteiger partial charge in [-0.05, 0) is 18.2 Å². The summed E-state index contributed by atoms with van der Waals surface area (Å²) in [5.74, 6) is -1.16. The lowest BCUT2D eigenvalue weighted by molar-refractivity contribution is -0.173. The fourth-order valence-corrected chi connectivity index (χ4v) is 1.57. The summed E-state index contributed by atoms with van der Waals surface area (Å²) in [7, 11) is 1.56. The van der Waals surface area contributed by atoms with Crippen molar-refractivity contribution in [3.8, 4) is 0 Å². The summed E-state index contributed by atoms with van der Waals surface area (Å²) < 4.78 is 40.1. The molecule has 0 bridgehead atoms. The highest BCUT2D eigenvalue weighted by atomic mass is 19.4. The van der Waals surface area contributed by atoms with Crippen LogP contribution in [0, 0.1) is 0 Å². The van der Waals surface area contributed by atoms with E-state index >= 15 is 0 Å². The molecule has 1 aromatic rings. The van der Waals surface area contributed by atoms with Gasteiger partial charge in [0, 0.05) is 19.3 Å². The molecular formula is C12H15F3N2O3. The highest BCUT2D eigenvalue weighted by Crippen LogP contribution is 2.22. The largest absolute Gasteiger partial charge is 0.478 e. The Morgan fingerprint density at radius 3 is 2.65 bits per heavy atom. The van der Waals surface area contributed by atoms with Crippen LogP contribution >= 0.6 is 0 Å². The molecule has 0 aliphatic rings. The van der Waals surface area contributed by atoms with Gasteiger partial charge in [-0.3, -0.25) is 0 Å². The molecule has 0 heterocycles.